The molecule has 2 heteroatoms. The van der Waals surface area contributed by atoms with Gasteiger partial charge in [-0.25, -0.2) is 0 Å². The van der Waals surface area contributed by atoms with Gasteiger partial charge in [0, 0.05) is 12.5 Å². The fourth-order valence-electron chi connectivity index (χ4n) is 0.924. The summed E-state index contributed by atoms with van der Waals surface area (Å²) in [6.07, 6.45) is 0.709. The zero-order valence-corrected chi connectivity index (χ0v) is 9.27. The van der Waals surface area contributed by atoms with E-state index in [1.54, 1.807) is 0 Å². The van der Waals surface area contributed by atoms with E-state index >= 15 is 0 Å². The lowest BCUT2D eigenvalue weighted by molar-refractivity contribution is -0.119. The van der Waals surface area contributed by atoms with Crippen LogP contribution in [0.5, 0.6) is 0 Å². The van der Waals surface area contributed by atoms with Crippen molar-refractivity contribution < 1.29 is 4.79 Å². The maximum absolute atomic E-state index is 10.6. The molecule has 0 aromatic heterocycles. The number of carbonyl (C=O) groups excluding carboxylic acids is 1. The molecule has 1 fully saturated rings. The standard InChI is InChI=1S/C6H11NO.2C2H6/c1-4-3-6(8)7-5(4)2;2*1-2/h4-5H,3H2,1-2H3,(H,7,8);2*1-2H3. The normalized spacial score (nSPS) is 26.0. The predicted octanol–water partition coefficient (Wildman–Crippen LogP) is 2.58. The molecular formula is C10H23NO. The highest BCUT2D eigenvalue weighted by Gasteiger charge is 2.23. The van der Waals surface area contributed by atoms with Gasteiger partial charge in [-0.3, -0.25) is 4.79 Å². The molecule has 2 unspecified atom stereocenters. The topological polar surface area (TPSA) is 29.1 Å². The summed E-state index contributed by atoms with van der Waals surface area (Å²) >= 11 is 0. The lowest BCUT2D eigenvalue weighted by Crippen LogP contribution is -2.24. The van der Waals surface area contributed by atoms with Crippen LogP contribution in [0.25, 0.3) is 0 Å². The van der Waals surface area contributed by atoms with Crippen LogP contribution < -0.4 is 5.32 Å². The number of nitrogens with one attached hydrogen (secondary N) is 1. The Morgan fingerprint density at radius 3 is 1.67 bits per heavy atom. The lowest BCUT2D eigenvalue weighted by Gasteiger charge is -2.04. The molecule has 1 saturated heterocycles. The second-order valence-electron chi connectivity index (χ2n) is 2.54. The zero-order chi connectivity index (χ0) is 10.1. The second-order valence-corrected chi connectivity index (χ2v) is 2.54. The molecule has 1 heterocycles. The zero-order valence-electron chi connectivity index (χ0n) is 9.27. The molecular weight excluding hydrogens is 150 g/mol. The van der Waals surface area contributed by atoms with E-state index in [0.29, 0.717) is 18.4 Å². The van der Waals surface area contributed by atoms with E-state index in [1.165, 1.54) is 0 Å². The van der Waals surface area contributed by atoms with Gasteiger partial charge >= 0.3 is 0 Å². The minimum absolute atomic E-state index is 0.199. The van der Waals surface area contributed by atoms with Crippen molar-refractivity contribution in [2.45, 2.75) is 54.0 Å². The number of amides is 1. The van der Waals surface area contributed by atoms with E-state index in [4.69, 9.17) is 0 Å². The van der Waals surface area contributed by atoms with Gasteiger partial charge in [-0.2, -0.15) is 0 Å². The van der Waals surface area contributed by atoms with Crippen molar-refractivity contribution in [3.63, 3.8) is 0 Å². The first-order valence-corrected chi connectivity index (χ1v) is 4.99. The molecule has 0 spiro atoms. The smallest absolute Gasteiger partial charge is 0.220 e. The molecule has 1 N–H and O–H groups in total. The van der Waals surface area contributed by atoms with Crippen LogP contribution in [0.1, 0.15) is 48.0 Å². The summed E-state index contributed by atoms with van der Waals surface area (Å²) in [7, 11) is 0. The molecule has 0 aliphatic carbocycles. The van der Waals surface area contributed by atoms with Crippen LogP contribution in [0.15, 0.2) is 0 Å². The predicted molar refractivity (Wildman–Crippen MR) is 54.1 cm³/mol. The minimum Gasteiger partial charge on any atom is -0.353 e. The van der Waals surface area contributed by atoms with Crippen LogP contribution in [-0.2, 0) is 4.79 Å². The van der Waals surface area contributed by atoms with Crippen LogP contribution >= 0.6 is 0 Å². The fraction of sp³-hybridized carbons (Fsp3) is 0.900. The Bertz CT molecular complexity index is 100. The minimum atomic E-state index is 0.199. The fourth-order valence-corrected chi connectivity index (χ4v) is 0.924. The number of hydrogen-bond donors (Lipinski definition) is 1. The molecule has 2 atom stereocenters. The summed E-state index contributed by atoms with van der Waals surface area (Å²) < 4.78 is 0. The van der Waals surface area contributed by atoms with E-state index in [-0.39, 0.29) is 5.91 Å². The molecule has 74 valence electrons. The van der Waals surface area contributed by atoms with Crippen molar-refractivity contribution in [3.8, 4) is 0 Å². The molecule has 0 radical (unpaired) electrons. The Hall–Kier alpha value is -0.530. The molecule has 1 aliphatic rings. The van der Waals surface area contributed by atoms with Gasteiger partial charge in [0.25, 0.3) is 0 Å². The van der Waals surface area contributed by atoms with E-state index in [9.17, 15) is 4.79 Å². The highest BCUT2D eigenvalue weighted by molar-refractivity contribution is 5.78. The highest BCUT2D eigenvalue weighted by Crippen LogP contribution is 2.13. The molecule has 1 aliphatic heterocycles. The molecule has 1 rings (SSSR count). The van der Waals surface area contributed by atoms with Crippen LogP contribution in [0.3, 0.4) is 0 Å². The van der Waals surface area contributed by atoms with Gasteiger partial charge in [-0.1, -0.05) is 34.6 Å². The monoisotopic (exact) mass is 173 g/mol. The van der Waals surface area contributed by atoms with E-state index in [2.05, 4.69) is 12.2 Å². The summed E-state index contributed by atoms with van der Waals surface area (Å²) in [4.78, 5) is 10.6. The molecule has 2 nitrogen and oxygen atoms in total. The maximum Gasteiger partial charge on any atom is 0.220 e. The van der Waals surface area contributed by atoms with Crippen molar-refractivity contribution in [2.75, 3.05) is 0 Å². The third kappa shape index (κ3) is 5.16. The summed E-state index contributed by atoms with van der Waals surface area (Å²) in [6.45, 7) is 12.1. The second kappa shape index (κ2) is 8.57. The molecule has 0 aromatic carbocycles. The quantitative estimate of drug-likeness (QED) is 0.599. The summed E-state index contributed by atoms with van der Waals surface area (Å²) in [6, 6.07) is 0.391. The third-order valence-electron chi connectivity index (χ3n) is 1.75. The summed E-state index contributed by atoms with van der Waals surface area (Å²) in [5.74, 6) is 0.729. The van der Waals surface area contributed by atoms with Gasteiger partial charge in [0.1, 0.15) is 0 Å². The van der Waals surface area contributed by atoms with Gasteiger partial charge in [-0.05, 0) is 12.8 Å². The van der Waals surface area contributed by atoms with Crippen LogP contribution in [0, 0.1) is 5.92 Å². The van der Waals surface area contributed by atoms with Crippen LogP contribution in [0.4, 0.5) is 0 Å². The highest BCUT2D eigenvalue weighted by atomic mass is 16.1. The van der Waals surface area contributed by atoms with Gasteiger partial charge in [-0.15, -0.1) is 0 Å². The summed E-state index contributed by atoms with van der Waals surface area (Å²) in [5.41, 5.74) is 0. The number of carbonyl (C=O) groups is 1. The third-order valence-corrected chi connectivity index (χ3v) is 1.75. The Morgan fingerprint density at radius 2 is 1.58 bits per heavy atom. The van der Waals surface area contributed by atoms with Crippen molar-refractivity contribution in [1.82, 2.24) is 5.32 Å². The lowest BCUT2D eigenvalue weighted by atomic mass is 10.1. The van der Waals surface area contributed by atoms with Gasteiger partial charge < -0.3 is 5.32 Å². The Labute approximate surface area is 76.7 Å². The maximum atomic E-state index is 10.6. The van der Waals surface area contributed by atoms with Gasteiger partial charge in [0.05, 0.1) is 0 Å². The first kappa shape index (κ1) is 14.0. The average molecular weight is 173 g/mol. The van der Waals surface area contributed by atoms with E-state index in [1.807, 2.05) is 34.6 Å². The summed E-state index contributed by atoms with van der Waals surface area (Å²) in [5, 5.41) is 2.83. The average Bonchev–Trinajstić information content (AvgIpc) is 2.37. The van der Waals surface area contributed by atoms with E-state index < -0.39 is 0 Å². The first-order chi connectivity index (χ1) is 5.70. The number of rotatable bonds is 0. The Kier molecular flexibility index (Phi) is 10.0. The van der Waals surface area contributed by atoms with Crippen LogP contribution in [-0.4, -0.2) is 11.9 Å². The molecule has 0 aromatic rings. The van der Waals surface area contributed by atoms with E-state index in [0.717, 1.165) is 0 Å². The molecule has 0 saturated carbocycles. The van der Waals surface area contributed by atoms with Crippen molar-refractivity contribution >= 4 is 5.91 Å². The Balaban J connectivity index is 0. The van der Waals surface area contributed by atoms with Gasteiger partial charge in [0.15, 0.2) is 0 Å². The molecule has 1 amide bonds. The number of hydrogen-bond acceptors (Lipinski definition) is 1. The van der Waals surface area contributed by atoms with Gasteiger partial charge in [0.2, 0.25) is 5.91 Å². The molecule has 0 bridgehead atoms. The largest absolute Gasteiger partial charge is 0.353 e. The Morgan fingerprint density at radius 1 is 1.17 bits per heavy atom. The van der Waals surface area contributed by atoms with Crippen molar-refractivity contribution in [1.29, 1.82) is 0 Å². The van der Waals surface area contributed by atoms with Crippen molar-refractivity contribution in [2.24, 2.45) is 5.92 Å². The van der Waals surface area contributed by atoms with Crippen LogP contribution in [0.2, 0.25) is 0 Å². The SMILES string of the molecule is CC.CC.CC1CC(=O)NC1C. The first-order valence-electron chi connectivity index (χ1n) is 4.99. The van der Waals surface area contributed by atoms with Crippen molar-refractivity contribution in [3.05, 3.63) is 0 Å². The molecule has 12 heavy (non-hydrogen) atoms.